The molecule has 134 valence electrons. The molecule has 2 aromatic rings. The van der Waals surface area contributed by atoms with E-state index in [1.165, 1.54) is 13.8 Å². The van der Waals surface area contributed by atoms with Crippen LogP contribution in [0.2, 0.25) is 0 Å². The van der Waals surface area contributed by atoms with Crippen LogP contribution in [0.3, 0.4) is 0 Å². The molecule has 2 unspecified atom stereocenters. The second kappa shape index (κ2) is 6.25. The second-order valence-corrected chi connectivity index (χ2v) is 6.96. The molecule has 0 spiro atoms. The first-order valence-electron chi connectivity index (χ1n) is 8.28. The number of halogens is 2. The fourth-order valence-corrected chi connectivity index (χ4v) is 3.34. The lowest BCUT2D eigenvalue weighted by molar-refractivity contribution is 0.205. The number of alkyl halides is 1. The number of nitrogens with two attached hydrogens (primary N) is 1. The predicted octanol–water partition coefficient (Wildman–Crippen LogP) is 2.31. The molecule has 1 aliphatic rings. The first-order valence-corrected chi connectivity index (χ1v) is 8.28. The smallest absolute Gasteiger partial charge is 0.225 e. The van der Waals surface area contributed by atoms with Crippen molar-refractivity contribution in [3.8, 4) is 0 Å². The van der Waals surface area contributed by atoms with Crippen molar-refractivity contribution in [1.29, 1.82) is 0 Å². The van der Waals surface area contributed by atoms with E-state index in [1.54, 1.807) is 18.6 Å². The zero-order valence-electron chi connectivity index (χ0n) is 14.6. The standard InChI is InChI=1S/C17H22F2N6/c1-4-11-9-25(10-17(11,20)13-8-21-5-6-22-13)15-23-7-12(18)14(24-15)16(2,3)19/h5-8,11H,4,9-10,20H2,1-3H3. The summed E-state index contributed by atoms with van der Waals surface area (Å²) >= 11 is 0. The van der Waals surface area contributed by atoms with Crippen molar-refractivity contribution >= 4 is 5.95 Å². The van der Waals surface area contributed by atoms with Gasteiger partial charge in [0.2, 0.25) is 5.95 Å². The average molecular weight is 348 g/mol. The van der Waals surface area contributed by atoms with E-state index in [0.717, 1.165) is 12.6 Å². The Balaban J connectivity index is 1.96. The monoisotopic (exact) mass is 348 g/mol. The Hall–Kier alpha value is -2.22. The number of rotatable bonds is 4. The van der Waals surface area contributed by atoms with Gasteiger partial charge in [-0.05, 0) is 20.3 Å². The SMILES string of the molecule is CCC1CN(c2ncc(F)c(C(C)(C)F)n2)CC1(N)c1cnccn1. The van der Waals surface area contributed by atoms with Crippen molar-refractivity contribution in [2.24, 2.45) is 11.7 Å². The summed E-state index contributed by atoms with van der Waals surface area (Å²) in [5.74, 6) is -0.382. The highest BCUT2D eigenvalue weighted by atomic mass is 19.1. The Bertz CT molecular complexity index is 749. The molecule has 3 rings (SSSR count). The quantitative estimate of drug-likeness (QED) is 0.913. The van der Waals surface area contributed by atoms with Crippen LogP contribution in [0.1, 0.15) is 38.6 Å². The molecule has 0 bridgehead atoms. The highest BCUT2D eigenvalue weighted by Gasteiger charge is 2.46. The minimum Gasteiger partial charge on any atom is -0.338 e. The van der Waals surface area contributed by atoms with Gasteiger partial charge in [-0.1, -0.05) is 6.92 Å². The van der Waals surface area contributed by atoms with Crippen LogP contribution in [-0.2, 0) is 11.2 Å². The van der Waals surface area contributed by atoms with Gasteiger partial charge in [0.15, 0.2) is 5.82 Å². The highest BCUT2D eigenvalue weighted by molar-refractivity contribution is 5.38. The van der Waals surface area contributed by atoms with Crippen LogP contribution in [0.5, 0.6) is 0 Å². The summed E-state index contributed by atoms with van der Waals surface area (Å²) in [4.78, 5) is 18.5. The van der Waals surface area contributed by atoms with Gasteiger partial charge in [-0.15, -0.1) is 0 Å². The van der Waals surface area contributed by atoms with Crippen LogP contribution in [0.15, 0.2) is 24.8 Å². The van der Waals surface area contributed by atoms with E-state index in [1.807, 2.05) is 11.8 Å². The molecule has 0 amide bonds. The summed E-state index contributed by atoms with van der Waals surface area (Å²) in [6.45, 7) is 5.58. The molecule has 1 fully saturated rings. The fraction of sp³-hybridized carbons (Fsp3) is 0.529. The van der Waals surface area contributed by atoms with Crippen LogP contribution < -0.4 is 10.6 Å². The van der Waals surface area contributed by atoms with Crippen molar-refractivity contribution < 1.29 is 8.78 Å². The van der Waals surface area contributed by atoms with Gasteiger partial charge in [0, 0.05) is 31.4 Å². The predicted molar refractivity (Wildman–Crippen MR) is 90.0 cm³/mol. The van der Waals surface area contributed by atoms with Gasteiger partial charge in [0.25, 0.3) is 0 Å². The number of hydrogen-bond donors (Lipinski definition) is 1. The number of hydrogen-bond acceptors (Lipinski definition) is 6. The van der Waals surface area contributed by atoms with E-state index in [4.69, 9.17) is 5.73 Å². The lowest BCUT2D eigenvalue weighted by Crippen LogP contribution is -2.45. The summed E-state index contributed by atoms with van der Waals surface area (Å²) in [5, 5.41) is 0. The Kier molecular flexibility index (Phi) is 4.40. The van der Waals surface area contributed by atoms with Crippen molar-refractivity contribution in [2.75, 3.05) is 18.0 Å². The summed E-state index contributed by atoms with van der Waals surface area (Å²) < 4.78 is 28.1. The largest absolute Gasteiger partial charge is 0.338 e. The van der Waals surface area contributed by atoms with Crippen LogP contribution in [-0.4, -0.2) is 33.0 Å². The van der Waals surface area contributed by atoms with Gasteiger partial charge in [-0.3, -0.25) is 9.97 Å². The molecule has 0 radical (unpaired) electrons. The molecule has 8 heteroatoms. The maximum atomic E-state index is 14.2. The molecular formula is C17H22F2N6. The molecular weight excluding hydrogens is 326 g/mol. The summed E-state index contributed by atoms with van der Waals surface area (Å²) in [7, 11) is 0. The Labute approximate surface area is 145 Å². The fourth-order valence-electron chi connectivity index (χ4n) is 3.34. The third kappa shape index (κ3) is 3.18. The molecule has 1 aliphatic heterocycles. The first kappa shape index (κ1) is 17.6. The Morgan fingerprint density at radius 1 is 1.32 bits per heavy atom. The number of aromatic nitrogens is 4. The van der Waals surface area contributed by atoms with Gasteiger partial charge in [-0.25, -0.2) is 18.7 Å². The van der Waals surface area contributed by atoms with Crippen molar-refractivity contribution in [3.05, 3.63) is 42.0 Å². The Morgan fingerprint density at radius 2 is 2.08 bits per heavy atom. The van der Waals surface area contributed by atoms with E-state index in [9.17, 15) is 8.78 Å². The summed E-state index contributed by atoms with van der Waals surface area (Å²) in [6, 6.07) is 0. The minimum absolute atomic E-state index is 0.0969. The van der Waals surface area contributed by atoms with Crippen LogP contribution in [0.4, 0.5) is 14.7 Å². The van der Waals surface area contributed by atoms with Gasteiger partial charge < -0.3 is 10.6 Å². The molecule has 0 saturated carbocycles. The van der Waals surface area contributed by atoms with Crippen LogP contribution >= 0.6 is 0 Å². The number of nitrogens with zero attached hydrogens (tertiary/aromatic N) is 5. The molecule has 2 atom stereocenters. The van der Waals surface area contributed by atoms with Crippen molar-refractivity contribution in [1.82, 2.24) is 19.9 Å². The molecule has 0 aliphatic carbocycles. The van der Waals surface area contributed by atoms with E-state index in [2.05, 4.69) is 19.9 Å². The van der Waals surface area contributed by atoms with Crippen molar-refractivity contribution in [2.45, 2.75) is 38.4 Å². The average Bonchev–Trinajstić information content (AvgIpc) is 2.93. The number of anilines is 1. The van der Waals surface area contributed by atoms with E-state index < -0.39 is 17.0 Å². The van der Waals surface area contributed by atoms with Crippen molar-refractivity contribution in [3.63, 3.8) is 0 Å². The van der Waals surface area contributed by atoms with Gasteiger partial charge in [0.1, 0.15) is 11.4 Å². The van der Waals surface area contributed by atoms with E-state index in [-0.39, 0.29) is 17.6 Å². The zero-order valence-corrected chi connectivity index (χ0v) is 14.6. The Morgan fingerprint density at radius 3 is 2.68 bits per heavy atom. The van der Waals surface area contributed by atoms with E-state index in [0.29, 0.717) is 18.8 Å². The first-order chi connectivity index (χ1) is 11.8. The maximum Gasteiger partial charge on any atom is 0.225 e. The zero-order chi connectivity index (χ0) is 18.2. The summed E-state index contributed by atoms with van der Waals surface area (Å²) in [6.07, 6.45) is 6.70. The molecule has 2 N–H and O–H groups in total. The topological polar surface area (TPSA) is 80.8 Å². The summed E-state index contributed by atoms with van der Waals surface area (Å²) in [5.41, 5.74) is 4.50. The molecule has 3 heterocycles. The van der Waals surface area contributed by atoms with Gasteiger partial charge in [-0.2, -0.15) is 0 Å². The van der Waals surface area contributed by atoms with Crippen LogP contribution in [0, 0.1) is 11.7 Å². The molecule has 6 nitrogen and oxygen atoms in total. The second-order valence-electron chi connectivity index (χ2n) is 6.96. The van der Waals surface area contributed by atoms with E-state index >= 15 is 0 Å². The lowest BCUT2D eigenvalue weighted by atomic mass is 9.83. The lowest BCUT2D eigenvalue weighted by Gasteiger charge is -2.28. The molecule has 1 saturated heterocycles. The minimum atomic E-state index is -1.89. The maximum absolute atomic E-state index is 14.2. The highest BCUT2D eigenvalue weighted by Crippen LogP contribution is 2.37. The van der Waals surface area contributed by atoms with Gasteiger partial charge in [0.05, 0.1) is 23.6 Å². The van der Waals surface area contributed by atoms with Crippen LogP contribution in [0.25, 0.3) is 0 Å². The molecule has 2 aromatic heterocycles. The van der Waals surface area contributed by atoms with Gasteiger partial charge >= 0.3 is 0 Å². The molecule has 0 aromatic carbocycles. The molecule has 25 heavy (non-hydrogen) atoms. The third-order valence-corrected chi connectivity index (χ3v) is 4.73. The normalized spacial score (nSPS) is 23.9. The third-order valence-electron chi connectivity index (χ3n) is 4.73.